The lowest BCUT2D eigenvalue weighted by molar-refractivity contribution is -0.879. The van der Waals surface area contributed by atoms with Crippen LogP contribution in [0.5, 0.6) is 0 Å². The van der Waals surface area contributed by atoms with Gasteiger partial charge in [0.15, 0.2) is 0 Å². The van der Waals surface area contributed by atoms with Crippen LogP contribution >= 0.6 is 0 Å². The molecule has 0 atom stereocenters. The predicted octanol–water partition coefficient (Wildman–Crippen LogP) is -1.45. The minimum Gasteiger partial charge on any atom is -0.359 e. The van der Waals surface area contributed by atoms with E-state index in [0.717, 1.165) is 25.9 Å². The summed E-state index contributed by atoms with van der Waals surface area (Å²) in [6.45, 7) is 1.95. The van der Waals surface area contributed by atoms with Crippen LogP contribution in [0.15, 0.2) is 0 Å². The first kappa shape index (κ1) is 14.9. The first-order chi connectivity index (χ1) is 7.60. The van der Waals surface area contributed by atoms with Crippen LogP contribution in [0.3, 0.4) is 0 Å². The topological polar surface area (TPSA) is 62.6 Å². The van der Waals surface area contributed by atoms with E-state index < -0.39 is 0 Å². The highest BCUT2D eigenvalue weighted by Gasteiger charge is 2.05. The number of nitrogens with one attached hydrogen (secondary N) is 3. The zero-order valence-corrected chi connectivity index (χ0v) is 10.6. The molecule has 2 amide bonds. The van der Waals surface area contributed by atoms with Crippen molar-refractivity contribution in [3.63, 3.8) is 0 Å². The molecule has 0 rings (SSSR count). The van der Waals surface area contributed by atoms with E-state index in [4.69, 9.17) is 0 Å². The van der Waals surface area contributed by atoms with Crippen LogP contribution in [0.4, 0.5) is 0 Å². The van der Waals surface area contributed by atoms with E-state index in [2.05, 4.69) is 17.7 Å². The fourth-order valence-electron chi connectivity index (χ4n) is 1.48. The first-order valence-corrected chi connectivity index (χ1v) is 5.82. The fourth-order valence-corrected chi connectivity index (χ4v) is 1.48. The van der Waals surface area contributed by atoms with Gasteiger partial charge in [0.25, 0.3) is 0 Å². The monoisotopic (exact) mass is 230 g/mol. The third kappa shape index (κ3) is 8.23. The average Bonchev–Trinajstić information content (AvgIpc) is 2.28. The smallest absolute Gasteiger partial charge is 0.219 e. The van der Waals surface area contributed by atoms with Crippen molar-refractivity contribution in [3.05, 3.63) is 0 Å². The molecule has 94 valence electrons. The summed E-state index contributed by atoms with van der Waals surface area (Å²) in [6.07, 6.45) is 2.96. The lowest BCUT2D eigenvalue weighted by Gasteiger charge is -2.13. The van der Waals surface area contributed by atoms with Crippen LogP contribution < -0.4 is 15.5 Å². The van der Waals surface area contributed by atoms with Gasteiger partial charge in [-0.05, 0) is 0 Å². The molecular weight excluding hydrogens is 206 g/mol. The Morgan fingerprint density at radius 3 is 1.62 bits per heavy atom. The third-order valence-corrected chi connectivity index (χ3v) is 2.57. The normalized spacial score (nSPS) is 10.2. The first-order valence-electron chi connectivity index (χ1n) is 5.82. The molecule has 0 aliphatic heterocycles. The summed E-state index contributed by atoms with van der Waals surface area (Å²) in [4.78, 5) is 23.3. The van der Waals surface area contributed by atoms with E-state index in [1.807, 2.05) is 0 Å². The maximum absolute atomic E-state index is 11.0. The number of rotatable bonds is 8. The van der Waals surface area contributed by atoms with Gasteiger partial charge in [0.05, 0.1) is 20.1 Å². The molecule has 5 nitrogen and oxygen atoms in total. The van der Waals surface area contributed by atoms with Crippen molar-refractivity contribution in [3.8, 4) is 0 Å². The summed E-state index contributed by atoms with van der Waals surface area (Å²) in [5.74, 6) is 0.191. The van der Waals surface area contributed by atoms with Gasteiger partial charge in [0.1, 0.15) is 0 Å². The standard InChI is InChI=1S/C11H23N3O2/c1-12-10(15)6-4-8-14(3)9-5-7-11(16)13-2/h4-9H2,1-3H3,(H,12,15)(H,13,16)/p+1. The lowest BCUT2D eigenvalue weighted by atomic mass is 10.2. The maximum atomic E-state index is 11.0. The SMILES string of the molecule is CNC(=O)CCC[NH+](C)CCCC(=O)NC. The maximum Gasteiger partial charge on any atom is 0.219 e. The van der Waals surface area contributed by atoms with Crippen molar-refractivity contribution in [1.82, 2.24) is 10.6 Å². The van der Waals surface area contributed by atoms with E-state index in [9.17, 15) is 9.59 Å². The molecule has 0 heterocycles. The van der Waals surface area contributed by atoms with Gasteiger partial charge in [-0.25, -0.2) is 0 Å². The van der Waals surface area contributed by atoms with Gasteiger partial charge in [-0.3, -0.25) is 9.59 Å². The summed E-state index contributed by atoms with van der Waals surface area (Å²) < 4.78 is 0. The van der Waals surface area contributed by atoms with E-state index in [1.54, 1.807) is 14.1 Å². The second kappa shape index (κ2) is 9.15. The Kier molecular flexibility index (Phi) is 8.52. The highest BCUT2D eigenvalue weighted by Crippen LogP contribution is 1.86. The van der Waals surface area contributed by atoms with Crippen molar-refractivity contribution < 1.29 is 14.5 Å². The Morgan fingerprint density at radius 1 is 0.938 bits per heavy atom. The molecule has 0 spiro atoms. The van der Waals surface area contributed by atoms with Crippen molar-refractivity contribution in [2.24, 2.45) is 0 Å². The van der Waals surface area contributed by atoms with Crippen molar-refractivity contribution in [2.75, 3.05) is 34.2 Å². The zero-order chi connectivity index (χ0) is 12.4. The summed E-state index contributed by atoms with van der Waals surface area (Å²) in [7, 11) is 5.40. The summed E-state index contributed by atoms with van der Waals surface area (Å²) in [5, 5.41) is 5.21. The molecule has 0 bridgehead atoms. The molecule has 3 N–H and O–H groups in total. The van der Waals surface area contributed by atoms with Crippen LogP contribution in [0.25, 0.3) is 0 Å². The average molecular weight is 230 g/mol. The van der Waals surface area contributed by atoms with Crippen molar-refractivity contribution in [1.29, 1.82) is 0 Å². The van der Waals surface area contributed by atoms with E-state index in [1.165, 1.54) is 4.90 Å². The molecule has 0 saturated heterocycles. The molecule has 0 radical (unpaired) electrons. The summed E-state index contributed by atoms with van der Waals surface area (Å²) in [6, 6.07) is 0. The molecule has 0 fully saturated rings. The number of quaternary nitrogens is 1. The largest absolute Gasteiger partial charge is 0.359 e. The molecule has 0 aliphatic carbocycles. The predicted molar refractivity (Wildman–Crippen MR) is 63.2 cm³/mol. The van der Waals surface area contributed by atoms with Crippen molar-refractivity contribution >= 4 is 11.8 Å². The Bertz CT molecular complexity index is 197. The Hall–Kier alpha value is -1.10. The van der Waals surface area contributed by atoms with Crippen LogP contribution in [-0.4, -0.2) is 46.0 Å². The highest BCUT2D eigenvalue weighted by atomic mass is 16.2. The van der Waals surface area contributed by atoms with Gasteiger partial charge < -0.3 is 15.5 Å². The minimum atomic E-state index is 0.0955. The molecule has 0 saturated carbocycles. The van der Waals surface area contributed by atoms with Gasteiger partial charge in [-0.15, -0.1) is 0 Å². The quantitative estimate of drug-likeness (QED) is 0.478. The number of hydrogen-bond acceptors (Lipinski definition) is 2. The van der Waals surface area contributed by atoms with Gasteiger partial charge >= 0.3 is 0 Å². The second-order valence-electron chi connectivity index (χ2n) is 4.01. The highest BCUT2D eigenvalue weighted by molar-refractivity contribution is 5.75. The number of hydrogen-bond donors (Lipinski definition) is 3. The molecular formula is C11H24N3O2+. The molecule has 0 aromatic heterocycles. The number of carbonyl (C=O) groups is 2. The Morgan fingerprint density at radius 2 is 1.31 bits per heavy atom. The Labute approximate surface area is 97.6 Å². The zero-order valence-electron chi connectivity index (χ0n) is 10.6. The third-order valence-electron chi connectivity index (χ3n) is 2.57. The lowest BCUT2D eigenvalue weighted by Crippen LogP contribution is -3.09. The van der Waals surface area contributed by atoms with E-state index in [-0.39, 0.29) is 11.8 Å². The molecule has 0 unspecified atom stereocenters. The number of carbonyl (C=O) groups excluding carboxylic acids is 2. The van der Waals surface area contributed by atoms with Crippen LogP contribution in [-0.2, 0) is 9.59 Å². The van der Waals surface area contributed by atoms with Crippen molar-refractivity contribution in [2.45, 2.75) is 25.7 Å². The molecule has 0 aliphatic rings. The molecule has 0 aromatic rings. The molecule has 0 aromatic carbocycles. The van der Waals surface area contributed by atoms with E-state index in [0.29, 0.717) is 12.8 Å². The van der Waals surface area contributed by atoms with Gasteiger partial charge in [0, 0.05) is 39.8 Å². The van der Waals surface area contributed by atoms with Crippen LogP contribution in [0.1, 0.15) is 25.7 Å². The van der Waals surface area contributed by atoms with Gasteiger partial charge in [-0.1, -0.05) is 0 Å². The fraction of sp³-hybridized carbons (Fsp3) is 0.818. The summed E-state index contributed by atoms with van der Waals surface area (Å²) >= 11 is 0. The Balaban J connectivity index is 3.41. The van der Waals surface area contributed by atoms with Gasteiger partial charge in [-0.2, -0.15) is 0 Å². The number of amides is 2. The molecule has 5 heteroatoms. The van der Waals surface area contributed by atoms with Crippen LogP contribution in [0, 0.1) is 0 Å². The molecule has 16 heavy (non-hydrogen) atoms. The summed E-state index contributed by atoms with van der Waals surface area (Å²) in [5.41, 5.74) is 0. The van der Waals surface area contributed by atoms with Crippen LogP contribution in [0.2, 0.25) is 0 Å². The van der Waals surface area contributed by atoms with E-state index >= 15 is 0 Å². The van der Waals surface area contributed by atoms with Gasteiger partial charge in [0.2, 0.25) is 11.8 Å². The minimum absolute atomic E-state index is 0.0955. The second-order valence-corrected chi connectivity index (χ2v) is 4.01.